The maximum absolute atomic E-state index is 12.8. The van der Waals surface area contributed by atoms with E-state index in [0.29, 0.717) is 17.0 Å². The maximum Gasteiger partial charge on any atom is 0.329 e. The molecule has 2 aromatic carbocycles. The van der Waals surface area contributed by atoms with E-state index in [-0.39, 0.29) is 12.2 Å². The van der Waals surface area contributed by atoms with E-state index >= 15 is 0 Å². The molecule has 8 heteroatoms. The standard InChI is InChI=1S/C24H26N4O4/c1-32-21-15-19(27-12-6-3-7-13-27)11-10-17(21)14-20-23(30)28(24(31)26-20)16-22(29)25-18-8-4-2-5-9-18/h2,4-5,8-11,14-15H,3,6-7,12-13,16H2,1H3,(H,25,29)(H,26,31)/b20-14-. The van der Waals surface area contributed by atoms with Gasteiger partial charge in [0.05, 0.1) is 7.11 Å². The molecular weight excluding hydrogens is 408 g/mol. The summed E-state index contributed by atoms with van der Waals surface area (Å²) in [6.45, 7) is 1.65. The topological polar surface area (TPSA) is 91.0 Å². The average molecular weight is 434 g/mol. The fourth-order valence-electron chi connectivity index (χ4n) is 3.90. The number of nitrogens with zero attached hydrogens (tertiary/aromatic N) is 2. The Morgan fingerprint density at radius 2 is 1.84 bits per heavy atom. The Balaban J connectivity index is 1.47. The van der Waals surface area contributed by atoms with Crippen molar-refractivity contribution in [2.75, 3.05) is 37.0 Å². The lowest BCUT2D eigenvalue weighted by Crippen LogP contribution is -2.38. The second-order valence-electron chi connectivity index (χ2n) is 7.77. The van der Waals surface area contributed by atoms with Crippen molar-refractivity contribution in [3.63, 3.8) is 0 Å². The van der Waals surface area contributed by atoms with Crippen molar-refractivity contribution in [3.8, 4) is 5.75 Å². The highest BCUT2D eigenvalue weighted by atomic mass is 16.5. The predicted molar refractivity (Wildman–Crippen MR) is 122 cm³/mol. The van der Waals surface area contributed by atoms with Crippen molar-refractivity contribution < 1.29 is 19.1 Å². The molecule has 32 heavy (non-hydrogen) atoms. The summed E-state index contributed by atoms with van der Waals surface area (Å²) in [6.07, 6.45) is 5.16. The van der Waals surface area contributed by atoms with Crippen LogP contribution in [0.25, 0.3) is 6.08 Å². The Morgan fingerprint density at radius 3 is 2.56 bits per heavy atom. The summed E-state index contributed by atoms with van der Waals surface area (Å²) in [5, 5.41) is 5.23. The molecule has 166 valence electrons. The normalized spacial score (nSPS) is 17.5. The molecule has 2 heterocycles. The van der Waals surface area contributed by atoms with E-state index in [1.807, 2.05) is 24.3 Å². The number of anilines is 2. The Labute approximate surface area is 186 Å². The number of amides is 4. The number of methoxy groups -OCH3 is 1. The first-order valence-electron chi connectivity index (χ1n) is 10.7. The first-order valence-corrected chi connectivity index (χ1v) is 10.7. The van der Waals surface area contributed by atoms with Gasteiger partial charge in [0.15, 0.2) is 0 Å². The largest absolute Gasteiger partial charge is 0.496 e. The van der Waals surface area contributed by atoms with Crippen LogP contribution in [0.4, 0.5) is 16.2 Å². The molecule has 2 saturated heterocycles. The zero-order valence-corrected chi connectivity index (χ0v) is 18.0. The van der Waals surface area contributed by atoms with Gasteiger partial charge in [-0.1, -0.05) is 18.2 Å². The van der Waals surface area contributed by atoms with Crippen LogP contribution in [0.5, 0.6) is 5.75 Å². The summed E-state index contributed by atoms with van der Waals surface area (Å²) >= 11 is 0. The van der Waals surface area contributed by atoms with Gasteiger partial charge in [0.25, 0.3) is 5.91 Å². The van der Waals surface area contributed by atoms with E-state index in [1.165, 1.54) is 19.3 Å². The molecular formula is C24H26N4O4. The van der Waals surface area contributed by atoms with Crippen molar-refractivity contribution in [2.24, 2.45) is 0 Å². The molecule has 0 aliphatic carbocycles. The van der Waals surface area contributed by atoms with Gasteiger partial charge in [-0.05, 0) is 49.6 Å². The van der Waals surface area contributed by atoms with E-state index in [0.717, 1.165) is 23.7 Å². The summed E-state index contributed by atoms with van der Waals surface area (Å²) in [4.78, 5) is 40.6. The Bertz CT molecular complexity index is 1050. The molecule has 0 saturated carbocycles. The molecule has 0 atom stereocenters. The van der Waals surface area contributed by atoms with Gasteiger partial charge in [0, 0.05) is 36.1 Å². The van der Waals surface area contributed by atoms with Crippen LogP contribution in [0, 0.1) is 0 Å². The quantitative estimate of drug-likeness (QED) is 0.538. The van der Waals surface area contributed by atoms with Crippen LogP contribution >= 0.6 is 0 Å². The van der Waals surface area contributed by atoms with Crippen LogP contribution in [-0.2, 0) is 9.59 Å². The minimum Gasteiger partial charge on any atom is -0.496 e. The zero-order chi connectivity index (χ0) is 22.5. The number of hydrogen-bond donors (Lipinski definition) is 2. The molecule has 4 rings (SSSR count). The minimum atomic E-state index is -0.631. The third kappa shape index (κ3) is 4.74. The number of carbonyl (C=O) groups excluding carboxylic acids is 3. The average Bonchev–Trinajstić information content (AvgIpc) is 3.07. The summed E-state index contributed by atoms with van der Waals surface area (Å²) in [5.74, 6) is -0.396. The molecule has 0 spiro atoms. The van der Waals surface area contributed by atoms with E-state index in [1.54, 1.807) is 37.5 Å². The van der Waals surface area contributed by atoms with Crippen molar-refractivity contribution in [3.05, 3.63) is 59.8 Å². The molecule has 2 N–H and O–H groups in total. The number of rotatable bonds is 6. The lowest BCUT2D eigenvalue weighted by molar-refractivity contribution is -0.127. The van der Waals surface area contributed by atoms with Crippen molar-refractivity contribution >= 4 is 35.3 Å². The van der Waals surface area contributed by atoms with Crippen LogP contribution in [-0.4, -0.2) is 49.5 Å². The van der Waals surface area contributed by atoms with Crippen LogP contribution < -0.4 is 20.3 Å². The number of piperidine rings is 1. The Kier molecular flexibility index (Phi) is 6.39. The van der Waals surface area contributed by atoms with Gasteiger partial charge < -0.3 is 20.3 Å². The third-order valence-corrected chi connectivity index (χ3v) is 5.56. The lowest BCUT2D eigenvalue weighted by Gasteiger charge is -2.29. The molecule has 0 bridgehead atoms. The zero-order valence-electron chi connectivity index (χ0n) is 18.0. The highest BCUT2D eigenvalue weighted by Gasteiger charge is 2.35. The second-order valence-corrected chi connectivity index (χ2v) is 7.77. The lowest BCUT2D eigenvalue weighted by atomic mass is 10.1. The van der Waals surface area contributed by atoms with Gasteiger partial charge in [0.1, 0.15) is 18.0 Å². The third-order valence-electron chi connectivity index (χ3n) is 5.56. The number of carbonyl (C=O) groups is 3. The Morgan fingerprint density at radius 1 is 1.09 bits per heavy atom. The molecule has 2 aliphatic heterocycles. The number of nitrogens with one attached hydrogen (secondary N) is 2. The SMILES string of the molecule is COc1cc(N2CCCCC2)ccc1/C=C1\NC(=O)N(CC(=O)Nc2ccccc2)C1=O. The number of ether oxygens (including phenoxy) is 1. The summed E-state index contributed by atoms with van der Waals surface area (Å²) in [7, 11) is 1.58. The predicted octanol–water partition coefficient (Wildman–Crippen LogP) is 3.22. The molecule has 2 aliphatic rings. The summed E-state index contributed by atoms with van der Waals surface area (Å²) in [5.41, 5.74) is 2.45. The highest BCUT2D eigenvalue weighted by Crippen LogP contribution is 2.29. The van der Waals surface area contributed by atoms with E-state index in [2.05, 4.69) is 15.5 Å². The molecule has 4 amide bonds. The molecule has 0 aromatic heterocycles. The molecule has 8 nitrogen and oxygen atoms in total. The van der Waals surface area contributed by atoms with Crippen molar-refractivity contribution in [2.45, 2.75) is 19.3 Å². The molecule has 0 unspecified atom stereocenters. The van der Waals surface area contributed by atoms with Gasteiger partial charge in [0.2, 0.25) is 5.91 Å². The van der Waals surface area contributed by atoms with Gasteiger partial charge in [-0.3, -0.25) is 9.59 Å². The van der Waals surface area contributed by atoms with Gasteiger partial charge in [-0.2, -0.15) is 0 Å². The van der Waals surface area contributed by atoms with Crippen LogP contribution in [0.2, 0.25) is 0 Å². The van der Waals surface area contributed by atoms with Crippen molar-refractivity contribution in [1.29, 1.82) is 0 Å². The number of imide groups is 1. The highest BCUT2D eigenvalue weighted by molar-refractivity contribution is 6.16. The second kappa shape index (κ2) is 9.55. The summed E-state index contributed by atoms with van der Waals surface area (Å²) in [6, 6.07) is 14.0. The Hall–Kier alpha value is -3.81. The van der Waals surface area contributed by atoms with Crippen LogP contribution in [0.3, 0.4) is 0 Å². The monoisotopic (exact) mass is 434 g/mol. The number of para-hydroxylation sites is 1. The molecule has 2 fully saturated rings. The fraction of sp³-hybridized carbons (Fsp3) is 0.292. The maximum atomic E-state index is 12.8. The molecule has 0 radical (unpaired) electrons. The van der Waals surface area contributed by atoms with E-state index < -0.39 is 17.8 Å². The minimum absolute atomic E-state index is 0.103. The van der Waals surface area contributed by atoms with Gasteiger partial charge >= 0.3 is 6.03 Å². The number of benzene rings is 2. The smallest absolute Gasteiger partial charge is 0.329 e. The first-order chi connectivity index (χ1) is 15.5. The first kappa shape index (κ1) is 21.4. The van der Waals surface area contributed by atoms with Crippen LogP contribution in [0.15, 0.2) is 54.2 Å². The van der Waals surface area contributed by atoms with Crippen molar-refractivity contribution in [1.82, 2.24) is 10.2 Å². The van der Waals surface area contributed by atoms with Gasteiger partial charge in [-0.25, -0.2) is 9.69 Å². The van der Waals surface area contributed by atoms with Crippen LogP contribution in [0.1, 0.15) is 24.8 Å². The fourth-order valence-corrected chi connectivity index (χ4v) is 3.90. The number of hydrogen-bond acceptors (Lipinski definition) is 5. The summed E-state index contributed by atoms with van der Waals surface area (Å²) < 4.78 is 5.53. The molecule has 2 aromatic rings. The van der Waals surface area contributed by atoms with Gasteiger partial charge in [-0.15, -0.1) is 0 Å². The number of urea groups is 1. The van der Waals surface area contributed by atoms with E-state index in [4.69, 9.17) is 4.74 Å². The van der Waals surface area contributed by atoms with E-state index in [9.17, 15) is 14.4 Å².